The van der Waals surface area contributed by atoms with E-state index in [0.717, 1.165) is 11.1 Å². The van der Waals surface area contributed by atoms with Crippen LogP contribution in [0.2, 0.25) is 0 Å². The van der Waals surface area contributed by atoms with Crippen molar-refractivity contribution in [3.63, 3.8) is 0 Å². The van der Waals surface area contributed by atoms with Crippen LogP contribution in [0.25, 0.3) is 0 Å². The molecule has 1 heterocycles. The van der Waals surface area contributed by atoms with E-state index in [1.165, 1.54) is 6.08 Å². The maximum absolute atomic E-state index is 11.5. The maximum atomic E-state index is 11.5. The molecule has 0 saturated heterocycles. The third-order valence-electron chi connectivity index (χ3n) is 3.31. The van der Waals surface area contributed by atoms with Crippen LogP contribution in [-0.4, -0.2) is 16.9 Å². The number of esters is 1. The van der Waals surface area contributed by atoms with Crippen LogP contribution < -0.4 is 0 Å². The zero-order valence-electron chi connectivity index (χ0n) is 12.2. The lowest BCUT2D eigenvalue weighted by Crippen LogP contribution is -2.36. The topological polar surface area (TPSA) is 55.8 Å². The van der Waals surface area contributed by atoms with Gasteiger partial charge in [0.05, 0.1) is 12.2 Å². The Balaban J connectivity index is 2.20. The number of carbonyl (C=O) groups excluding carboxylic acids is 1. The van der Waals surface area contributed by atoms with Gasteiger partial charge in [-0.05, 0) is 12.5 Å². The maximum Gasteiger partial charge on any atom is 0.337 e. The first kappa shape index (κ1) is 14.6. The fourth-order valence-corrected chi connectivity index (χ4v) is 2.15. The summed E-state index contributed by atoms with van der Waals surface area (Å²) in [5, 5.41) is 10.4. The van der Waals surface area contributed by atoms with Crippen molar-refractivity contribution in [2.45, 2.75) is 39.6 Å². The summed E-state index contributed by atoms with van der Waals surface area (Å²) in [5.41, 5.74) is 1.93. The van der Waals surface area contributed by atoms with E-state index in [2.05, 4.69) is 0 Å². The summed E-state index contributed by atoms with van der Waals surface area (Å²) in [6, 6.07) is 7.64. The van der Waals surface area contributed by atoms with Gasteiger partial charge in [-0.2, -0.15) is 0 Å². The Labute approximate surface area is 119 Å². The molecule has 0 aliphatic carbocycles. The van der Waals surface area contributed by atoms with E-state index in [-0.39, 0.29) is 5.92 Å². The number of aryl methyl sites for hydroxylation is 1. The van der Waals surface area contributed by atoms with Gasteiger partial charge in [-0.15, -0.1) is 0 Å². The van der Waals surface area contributed by atoms with E-state index in [1.54, 1.807) is 13.8 Å². The first-order chi connectivity index (χ1) is 9.28. The summed E-state index contributed by atoms with van der Waals surface area (Å²) in [6.07, 6.45) is 0.566. The highest BCUT2D eigenvalue weighted by Gasteiger charge is 2.34. The number of cyclic esters (lactones) is 1. The van der Waals surface area contributed by atoms with Crippen LogP contribution >= 0.6 is 0 Å². The number of hydrogen-bond donors (Lipinski definition) is 1. The molecule has 0 radical (unpaired) electrons. The quantitative estimate of drug-likeness (QED) is 0.862. The van der Waals surface area contributed by atoms with Crippen LogP contribution in [-0.2, 0) is 14.3 Å². The standard InChI is InChI=1S/C16H20O4/c1-10-5-7-12(8-6-10)15(18)11(2)13-9-14(17)20-16(3,4)19-13/h5-9,11,15,18H,1-4H3. The predicted molar refractivity (Wildman–Crippen MR) is 74.6 cm³/mol. The number of carbonyl (C=O) groups is 1. The van der Waals surface area contributed by atoms with Crippen LogP contribution in [0.5, 0.6) is 0 Å². The number of benzene rings is 1. The third-order valence-corrected chi connectivity index (χ3v) is 3.31. The molecule has 4 nitrogen and oxygen atoms in total. The van der Waals surface area contributed by atoms with Crippen molar-refractivity contribution in [3.05, 3.63) is 47.2 Å². The minimum Gasteiger partial charge on any atom is -0.456 e. The lowest BCUT2D eigenvalue weighted by Gasteiger charge is -2.34. The lowest BCUT2D eigenvalue weighted by molar-refractivity contribution is -0.209. The van der Waals surface area contributed by atoms with Gasteiger partial charge in [0.15, 0.2) is 0 Å². The van der Waals surface area contributed by atoms with E-state index < -0.39 is 17.9 Å². The second-order valence-electron chi connectivity index (χ2n) is 5.61. The molecule has 1 N–H and O–H groups in total. The first-order valence-electron chi connectivity index (χ1n) is 6.67. The molecule has 2 unspecified atom stereocenters. The van der Waals surface area contributed by atoms with Crippen LogP contribution in [0, 0.1) is 12.8 Å². The third kappa shape index (κ3) is 3.20. The molecule has 0 bridgehead atoms. The molecule has 1 aliphatic rings. The van der Waals surface area contributed by atoms with Crippen molar-refractivity contribution in [2.24, 2.45) is 5.92 Å². The monoisotopic (exact) mass is 276 g/mol. The molecule has 20 heavy (non-hydrogen) atoms. The molecule has 0 amide bonds. The second-order valence-corrected chi connectivity index (χ2v) is 5.61. The van der Waals surface area contributed by atoms with Gasteiger partial charge in [0.25, 0.3) is 0 Å². The van der Waals surface area contributed by atoms with Crippen molar-refractivity contribution >= 4 is 5.97 Å². The fraction of sp³-hybridized carbons (Fsp3) is 0.438. The average molecular weight is 276 g/mol. The molecule has 2 rings (SSSR count). The molecule has 0 fully saturated rings. The first-order valence-corrected chi connectivity index (χ1v) is 6.67. The second kappa shape index (κ2) is 5.29. The summed E-state index contributed by atoms with van der Waals surface area (Å²) in [4.78, 5) is 11.5. The zero-order valence-corrected chi connectivity index (χ0v) is 12.2. The van der Waals surface area contributed by atoms with Gasteiger partial charge < -0.3 is 14.6 Å². The van der Waals surface area contributed by atoms with E-state index in [9.17, 15) is 9.90 Å². The van der Waals surface area contributed by atoms with Crippen molar-refractivity contribution in [1.82, 2.24) is 0 Å². The zero-order chi connectivity index (χ0) is 14.9. The number of hydrogen-bond acceptors (Lipinski definition) is 4. The van der Waals surface area contributed by atoms with Crippen LogP contribution in [0.4, 0.5) is 0 Å². The van der Waals surface area contributed by atoms with Gasteiger partial charge in [0.1, 0.15) is 5.76 Å². The minimum atomic E-state index is -0.998. The molecular weight excluding hydrogens is 256 g/mol. The molecule has 2 atom stereocenters. The average Bonchev–Trinajstić information content (AvgIpc) is 2.35. The van der Waals surface area contributed by atoms with Crippen molar-refractivity contribution < 1.29 is 19.4 Å². The van der Waals surface area contributed by atoms with Crippen LogP contribution in [0.1, 0.15) is 38.0 Å². The van der Waals surface area contributed by atoms with Gasteiger partial charge >= 0.3 is 5.97 Å². The molecule has 1 aromatic carbocycles. The van der Waals surface area contributed by atoms with Crippen LogP contribution in [0.15, 0.2) is 36.1 Å². The van der Waals surface area contributed by atoms with Gasteiger partial charge in [-0.3, -0.25) is 0 Å². The van der Waals surface area contributed by atoms with Gasteiger partial charge in [-0.1, -0.05) is 36.8 Å². The Morgan fingerprint density at radius 3 is 2.30 bits per heavy atom. The van der Waals surface area contributed by atoms with Crippen molar-refractivity contribution in [2.75, 3.05) is 0 Å². The summed E-state index contributed by atoms with van der Waals surface area (Å²) in [7, 11) is 0. The highest BCUT2D eigenvalue weighted by Crippen LogP contribution is 2.33. The SMILES string of the molecule is Cc1ccc(C(O)C(C)C2=CC(=O)OC(C)(C)O2)cc1. The largest absolute Gasteiger partial charge is 0.456 e. The Morgan fingerprint density at radius 2 is 1.75 bits per heavy atom. The summed E-state index contributed by atoms with van der Waals surface area (Å²) < 4.78 is 10.7. The Morgan fingerprint density at radius 1 is 1.15 bits per heavy atom. The Kier molecular flexibility index (Phi) is 3.86. The van der Waals surface area contributed by atoms with E-state index >= 15 is 0 Å². The molecule has 108 valence electrons. The van der Waals surface area contributed by atoms with Gasteiger partial charge in [0, 0.05) is 19.8 Å². The Bertz CT molecular complexity index is 528. The summed E-state index contributed by atoms with van der Waals surface area (Å²) in [5.74, 6) is -1.33. The molecular formula is C16H20O4. The smallest absolute Gasteiger partial charge is 0.337 e. The van der Waals surface area contributed by atoms with E-state index in [4.69, 9.17) is 9.47 Å². The molecule has 0 spiro atoms. The van der Waals surface area contributed by atoms with Crippen LogP contribution in [0.3, 0.4) is 0 Å². The highest BCUT2D eigenvalue weighted by atomic mass is 16.7. The highest BCUT2D eigenvalue weighted by molar-refractivity contribution is 5.83. The van der Waals surface area contributed by atoms with Crippen molar-refractivity contribution in [3.8, 4) is 0 Å². The summed E-state index contributed by atoms with van der Waals surface area (Å²) in [6.45, 7) is 7.15. The molecule has 1 aromatic rings. The lowest BCUT2D eigenvalue weighted by atomic mass is 9.94. The number of ether oxygens (including phenoxy) is 2. The molecule has 0 saturated carbocycles. The number of aliphatic hydroxyl groups is 1. The molecule has 1 aliphatic heterocycles. The fourth-order valence-electron chi connectivity index (χ4n) is 2.15. The van der Waals surface area contributed by atoms with Gasteiger partial charge in [0.2, 0.25) is 5.79 Å². The normalized spacial score (nSPS) is 20.4. The van der Waals surface area contributed by atoms with Gasteiger partial charge in [-0.25, -0.2) is 4.79 Å². The van der Waals surface area contributed by atoms with Crippen molar-refractivity contribution in [1.29, 1.82) is 0 Å². The van der Waals surface area contributed by atoms with E-state index in [1.807, 2.05) is 38.1 Å². The summed E-state index contributed by atoms with van der Waals surface area (Å²) >= 11 is 0. The van der Waals surface area contributed by atoms with E-state index in [0.29, 0.717) is 5.76 Å². The molecule has 4 heteroatoms. The predicted octanol–water partition coefficient (Wildman–Crippen LogP) is 2.86. The Hall–Kier alpha value is -1.81. The number of aliphatic hydroxyl groups excluding tert-OH is 1. The molecule has 0 aromatic heterocycles. The minimum absolute atomic E-state index is 0.329. The number of rotatable bonds is 3.